The lowest BCUT2D eigenvalue weighted by Gasteiger charge is -2.23. The van der Waals surface area contributed by atoms with Crippen LogP contribution in [0.15, 0.2) is 36.7 Å². The van der Waals surface area contributed by atoms with Gasteiger partial charge in [-0.1, -0.05) is 24.6 Å². The summed E-state index contributed by atoms with van der Waals surface area (Å²) >= 11 is 6.10. The smallest absolute Gasteiger partial charge is 0.199 e. The Balaban J connectivity index is 2.41. The predicted octanol–water partition coefficient (Wildman–Crippen LogP) is 4.12. The van der Waals surface area contributed by atoms with Crippen LogP contribution in [0.4, 0.5) is 4.39 Å². The molecule has 132 valence electrons. The fourth-order valence-electron chi connectivity index (χ4n) is 2.67. The van der Waals surface area contributed by atoms with Crippen LogP contribution in [0.1, 0.15) is 54.2 Å². The van der Waals surface area contributed by atoms with Gasteiger partial charge in [-0.15, -0.1) is 0 Å². The van der Waals surface area contributed by atoms with Gasteiger partial charge in [-0.2, -0.15) is 0 Å². The topological polar surface area (TPSA) is 59.1 Å². The summed E-state index contributed by atoms with van der Waals surface area (Å²) in [6, 6.07) is 5.85. The van der Waals surface area contributed by atoms with E-state index in [1.165, 1.54) is 18.5 Å². The van der Waals surface area contributed by atoms with E-state index in [0.29, 0.717) is 18.4 Å². The molecule has 0 radical (unpaired) electrons. The maximum atomic E-state index is 15.1. The standard InChI is InChI=1S/C19H20ClFN2O2/c1-3-16(23-12(2)8-10-24)14-6-7-15(20)17(18(14)21)19(25)13-5-4-9-22-11-13/h4-7,9-12,16,23H,3,8H2,1-2H3/t12-,16+/m0/s1. The molecule has 0 saturated heterocycles. The normalized spacial score (nSPS) is 13.3. The van der Waals surface area contributed by atoms with E-state index in [4.69, 9.17) is 11.6 Å². The summed E-state index contributed by atoms with van der Waals surface area (Å²) in [6.45, 7) is 3.76. The second-order valence-corrected chi connectivity index (χ2v) is 6.23. The van der Waals surface area contributed by atoms with Gasteiger partial charge >= 0.3 is 0 Å². The van der Waals surface area contributed by atoms with E-state index < -0.39 is 11.6 Å². The zero-order valence-electron chi connectivity index (χ0n) is 14.1. The molecule has 25 heavy (non-hydrogen) atoms. The average molecular weight is 363 g/mol. The van der Waals surface area contributed by atoms with Gasteiger partial charge in [0.05, 0.1) is 10.6 Å². The van der Waals surface area contributed by atoms with E-state index in [1.54, 1.807) is 18.2 Å². The van der Waals surface area contributed by atoms with E-state index in [1.807, 2.05) is 13.8 Å². The van der Waals surface area contributed by atoms with E-state index in [2.05, 4.69) is 10.3 Å². The number of ketones is 1. The summed E-state index contributed by atoms with van der Waals surface area (Å²) in [5.41, 5.74) is 0.475. The molecule has 6 heteroatoms. The second-order valence-electron chi connectivity index (χ2n) is 5.83. The molecule has 4 nitrogen and oxygen atoms in total. The average Bonchev–Trinajstić information content (AvgIpc) is 2.61. The molecule has 2 atom stereocenters. The minimum Gasteiger partial charge on any atom is -0.307 e. The Hall–Kier alpha value is -2.11. The maximum Gasteiger partial charge on any atom is 0.199 e. The Morgan fingerprint density at radius 3 is 2.76 bits per heavy atom. The molecule has 2 rings (SSSR count). The molecule has 1 aromatic carbocycles. The fraction of sp³-hybridized carbons (Fsp3) is 0.316. The maximum absolute atomic E-state index is 15.1. The molecule has 0 aliphatic carbocycles. The SMILES string of the molecule is CC[C@@H](N[C@@H](C)CC=O)c1ccc(Cl)c(C(=O)c2cccnc2)c1F. The van der Waals surface area contributed by atoms with Gasteiger partial charge in [0, 0.05) is 42.0 Å². The van der Waals surface area contributed by atoms with E-state index in [-0.39, 0.29) is 28.2 Å². The number of hydrogen-bond donors (Lipinski definition) is 1. The van der Waals surface area contributed by atoms with Crippen LogP contribution in [0.2, 0.25) is 5.02 Å². The summed E-state index contributed by atoms with van der Waals surface area (Å²) in [4.78, 5) is 27.2. The van der Waals surface area contributed by atoms with Gasteiger partial charge in [0.1, 0.15) is 12.1 Å². The molecule has 2 aromatic rings. The van der Waals surface area contributed by atoms with Gasteiger partial charge in [-0.25, -0.2) is 4.39 Å². The van der Waals surface area contributed by atoms with Crippen LogP contribution in [0.5, 0.6) is 0 Å². The summed E-state index contributed by atoms with van der Waals surface area (Å²) < 4.78 is 15.1. The van der Waals surface area contributed by atoms with Crippen molar-refractivity contribution in [2.24, 2.45) is 0 Å². The molecule has 0 aliphatic heterocycles. The number of pyridine rings is 1. The first-order chi connectivity index (χ1) is 12.0. The monoisotopic (exact) mass is 362 g/mol. The number of rotatable bonds is 8. The van der Waals surface area contributed by atoms with Gasteiger partial charge in [-0.3, -0.25) is 9.78 Å². The number of nitrogens with zero attached hydrogens (tertiary/aromatic N) is 1. The van der Waals surface area contributed by atoms with Crippen LogP contribution in [0.3, 0.4) is 0 Å². The minimum absolute atomic E-state index is 0.0610. The van der Waals surface area contributed by atoms with Crippen molar-refractivity contribution in [2.45, 2.75) is 38.8 Å². The van der Waals surface area contributed by atoms with E-state index in [0.717, 1.165) is 6.29 Å². The first kappa shape index (κ1) is 19.2. The fourth-order valence-corrected chi connectivity index (χ4v) is 2.90. The number of carbonyl (C=O) groups is 2. The van der Waals surface area contributed by atoms with Crippen molar-refractivity contribution in [2.75, 3.05) is 0 Å². The zero-order chi connectivity index (χ0) is 18.4. The number of carbonyl (C=O) groups excluding carboxylic acids is 2. The molecular weight excluding hydrogens is 343 g/mol. The Kier molecular flexibility index (Phi) is 6.79. The Morgan fingerprint density at radius 2 is 2.16 bits per heavy atom. The number of nitrogens with one attached hydrogen (secondary N) is 1. The van der Waals surface area contributed by atoms with Crippen molar-refractivity contribution in [1.29, 1.82) is 0 Å². The number of hydrogen-bond acceptors (Lipinski definition) is 4. The van der Waals surface area contributed by atoms with Crippen molar-refractivity contribution in [3.05, 3.63) is 64.2 Å². The third-order valence-corrected chi connectivity index (χ3v) is 4.31. The van der Waals surface area contributed by atoms with Crippen molar-refractivity contribution in [3.8, 4) is 0 Å². The van der Waals surface area contributed by atoms with Crippen molar-refractivity contribution >= 4 is 23.7 Å². The summed E-state index contributed by atoms with van der Waals surface area (Å²) in [5, 5.41) is 3.27. The number of benzene rings is 1. The molecule has 1 aromatic heterocycles. The van der Waals surface area contributed by atoms with E-state index >= 15 is 4.39 Å². The molecule has 0 fully saturated rings. The van der Waals surface area contributed by atoms with Crippen LogP contribution < -0.4 is 5.32 Å². The van der Waals surface area contributed by atoms with E-state index in [9.17, 15) is 9.59 Å². The molecule has 0 aliphatic rings. The summed E-state index contributed by atoms with van der Waals surface area (Å²) in [6.07, 6.45) is 4.67. The highest BCUT2D eigenvalue weighted by Crippen LogP contribution is 2.29. The predicted molar refractivity (Wildman–Crippen MR) is 95.4 cm³/mol. The summed E-state index contributed by atoms with van der Waals surface area (Å²) in [7, 11) is 0. The van der Waals surface area contributed by atoms with Crippen LogP contribution in [-0.2, 0) is 4.79 Å². The quantitative estimate of drug-likeness (QED) is 0.566. The highest BCUT2D eigenvalue weighted by molar-refractivity contribution is 6.35. The minimum atomic E-state index is -0.640. The summed E-state index contributed by atoms with van der Waals surface area (Å²) in [5.74, 6) is -1.15. The van der Waals surface area contributed by atoms with Crippen molar-refractivity contribution in [1.82, 2.24) is 10.3 Å². The number of halogens is 2. The molecule has 0 saturated carbocycles. The lowest BCUT2D eigenvalue weighted by molar-refractivity contribution is -0.108. The van der Waals surface area contributed by atoms with Gasteiger partial charge in [0.15, 0.2) is 5.78 Å². The molecule has 1 N–H and O–H groups in total. The molecular formula is C19H20ClFN2O2. The second kappa shape index (κ2) is 8.83. The van der Waals surface area contributed by atoms with Gasteiger partial charge in [0.25, 0.3) is 0 Å². The molecule has 1 heterocycles. The molecule has 0 bridgehead atoms. The van der Waals surface area contributed by atoms with Crippen LogP contribution in [0.25, 0.3) is 0 Å². The first-order valence-electron chi connectivity index (χ1n) is 8.11. The highest BCUT2D eigenvalue weighted by atomic mass is 35.5. The number of aromatic nitrogens is 1. The Bertz CT molecular complexity index is 753. The third-order valence-electron chi connectivity index (χ3n) is 3.99. The molecule has 0 unspecified atom stereocenters. The highest BCUT2D eigenvalue weighted by Gasteiger charge is 2.24. The first-order valence-corrected chi connectivity index (χ1v) is 8.49. The van der Waals surface area contributed by atoms with Crippen LogP contribution in [-0.4, -0.2) is 23.1 Å². The lowest BCUT2D eigenvalue weighted by atomic mass is 9.96. The molecule has 0 amide bonds. The largest absolute Gasteiger partial charge is 0.307 e. The zero-order valence-corrected chi connectivity index (χ0v) is 14.9. The Morgan fingerprint density at radius 1 is 1.40 bits per heavy atom. The van der Waals surface area contributed by atoms with Gasteiger partial charge in [-0.05, 0) is 31.5 Å². The van der Waals surface area contributed by atoms with Crippen molar-refractivity contribution in [3.63, 3.8) is 0 Å². The van der Waals surface area contributed by atoms with Crippen LogP contribution in [0, 0.1) is 5.82 Å². The van der Waals surface area contributed by atoms with Crippen LogP contribution >= 0.6 is 11.6 Å². The number of aldehydes is 1. The van der Waals surface area contributed by atoms with Gasteiger partial charge in [0.2, 0.25) is 0 Å². The van der Waals surface area contributed by atoms with Gasteiger partial charge < -0.3 is 10.1 Å². The lowest BCUT2D eigenvalue weighted by Crippen LogP contribution is -2.31. The third kappa shape index (κ3) is 4.50. The van der Waals surface area contributed by atoms with Crippen molar-refractivity contribution < 1.29 is 14.0 Å². The molecule has 0 spiro atoms. The Labute approximate surface area is 151 Å².